The van der Waals surface area contributed by atoms with Gasteiger partial charge in [-0.15, -0.1) is 0 Å². The highest BCUT2D eigenvalue weighted by Crippen LogP contribution is 2.27. The quantitative estimate of drug-likeness (QED) is 0.739. The molecular weight excluding hydrogens is 364 g/mol. The zero-order valence-electron chi connectivity index (χ0n) is 16.9. The van der Waals surface area contributed by atoms with Gasteiger partial charge in [0.1, 0.15) is 12.4 Å². The molecule has 6 heteroatoms. The molecule has 1 aromatic heterocycles. The van der Waals surface area contributed by atoms with E-state index in [0.717, 1.165) is 41.8 Å². The molecular formula is C23H26N4O2. The van der Waals surface area contributed by atoms with Crippen LogP contribution in [0.25, 0.3) is 10.9 Å². The summed E-state index contributed by atoms with van der Waals surface area (Å²) >= 11 is 0. The number of hydrogen-bond acceptors (Lipinski definition) is 4. The normalized spacial score (nSPS) is 16.8. The van der Waals surface area contributed by atoms with Gasteiger partial charge in [0.25, 0.3) is 0 Å². The van der Waals surface area contributed by atoms with Gasteiger partial charge in [0.2, 0.25) is 5.91 Å². The minimum absolute atomic E-state index is 0.0725. The number of amides is 1. The van der Waals surface area contributed by atoms with Crippen molar-refractivity contribution < 1.29 is 4.79 Å². The Bertz CT molecular complexity index is 1090. The monoisotopic (exact) mass is 390 g/mol. The van der Waals surface area contributed by atoms with Gasteiger partial charge in [0.15, 0.2) is 0 Å². The summed E-state index contributed by atoms with van der Waals surface area (Å²) in [6.07, 6.45) is 2.30. The van der Waals surface area contributed by atoms with Crippen LogP contribution in [-0.2, 0) is 11.3 Å². The smallest absolute Gasteiger partial charge is 0.350 e. The van der Waals surface area contributed by atoms with E-state index in [-0.39, 0.29) is 12.5 Å². The summed E-state index contributed by atoms with van der Waals surface area (Å²) < 4.78 is 1.45. The largest absolute Gasteiger partial charge is 0.356 e. The van der Waals surface area contributed by atoms with E-state index in [0.29, 0.717) is 11.6 Å². The molecule has 1 fully saturated rings. The standard InChI is InChI=1S/C23H26N4O2/c1-16-9-11-18(12-10-16)24-21(28)15-27-20-8-4-3-7-19(20)22(25-23(27)29)26-13-5-6-17(2)14-26/h3-4,7-12,17H,5-6,13-15H2,1-2H3,(H,24,28)/t17-/m1/s1. The molecule has 2 aromatic carbocycles. The fourth-order valence-electron chi connectivity index (χ4n) is 3.97. The lowest BCUT2D eigenvalue weighted by Gasteiger charge is -2.32. The molecule has 1 aliphatic rings. The first kappa shape index (κ1) is 19.2. The number of rotatable bonds is 4. The second kappa shape index (κ2) is 8.07. The molecule has 3 aromatic rings. The van der Waals surface area contributed by atoms with Crippen LogP contribution in [0.1, 0.15) is 25.3 Å². The second-order valence-corrected chi connectivity index (χ2v) is 7.93. The third-order valence-corrected chi connectivity index (χ3v) is 5.46. The number of nitrogens with one attached hydrogen (secondary N) is 1. The van der Waals surface area contributed by atoms with Crippen molar-refractivity contribution in [3.63, 3.8) is 0 Å². The topological polar surface area (TPSA) is 67.2 Å². The van der Waals surface area contributed by atoms with E-state index in [2.05, 4.69) is 22.1 Å². The minimum atomic E-state index is -0.393. The highest BCUT2D eigenvalue weighted by Gasteiger charge is 2.21. The predicted molar refractivity (Wildman–Crippen MR) is 116 cm³/mol. The number of aryl methyl sites for hydroxylation is 1. The van der Waals surface area contributed by atoms with Crippen LogP contribution in [0.2, 0.25) is 0 Å². The highest BCUT2D eigenvalue weighted by atomic mass is 16.2. The lowest BCUT2D eigenvalue weighted by atomic mass is 10.00. The van der Waals surface area contributed by atoms with Crippen LogP contribution in [0.5, 0.6) is 0 Å². The maximum atomic E-state index is 12.9. The van der Waals surface area contributed by atoms with E-state index >= 15 is 0 Å². The molecule has 0 unspecified atom stereocenters. The molecule has 6 nitrogen and oxygen atoms in total. The second-order valence-electron chi connectivity index (χ2n) is 7.93. The number of nitrogens with zero attached hydrogens (tertiary/aromatic N) is 3. The summed E-state index contributed by atoms with van der Waals surface area (Å²) in [7, 11) is 0. The molecule has 0 saturated carbocycles. The molecule has 1 aliphatic heterocycles. The SMILES string of the molecule is Cc1ccc(NC(=O)Cn2c(=O)nc(N3CCC[C@@H](C)C3)c3ccccc32)cc1. The van der Waals surface area contributed by atoms with Crippen LogP contribution < -0.4 is 15.9 Å². The molecule has 0 radical (unpaired) electrons. The average Bonchev–Trinajstić information content (AvgIpc) is 2.71. The molecule has 0 aliphatic carbocycles. The average molecular weight is 390 g/mol. The van der Waals surface area contributed by atoms with Gasteiger partial charge in [0, 0.05) is 24.2 Å². The fraction of sp³-hybridized carbons (Fsp3) is 0.348. The molecule has 1 atom stereocenters. The van der Waals surface area contributed by atoms with Crippen LogP contribution in [0.4, 0.5) is 11.5 Å². The Morgan fingerprint density at radius 1 is 1.17 bits per heavy atom. The maximum absolute atomic E-state index is 12.9. The Hall–Kier alpha value is -3.15. The fourth-order valence-corrected chi connectivity index (χ4v) is 3.97. The third kappa shape index (κ3) is 4.16. The number of hydrogen-bond donors (Lipinski definition) is 1. The van der Waals surface area contributed by atoms with E-state index in [9.17, 15) is 9.59 Å². The Kier molecular flexibility index (Phi) is 5.34. The number of anilines is 2. The summed E-state index contributed by atoms with van der Waals surface area (Å²) in [5.41, 5.74) is 2.18. The predicted octanol–water partition coefficient (Wildman–Crippen LogP) is 3.58. The number of piperidine rings is 1. The van der Waals surface area contributed by atoms with Crippen LogP contribution in [-0.4, -0.2) is 28.5 Å². The van der Waals surface area contributed by atoms with Crippen LogP contribution in [0, 0.1) is 12.8 Å². The van der Waals surface area contributed by atoms with Gasteiger partial charge in [-0.3, -0.25) is 9.36 Å². The molecule has 150 valence electrons. The number of carbonyl (C=O) groups is 1. The number of carbonyl (C=O) groups excluding carboxylic acids is 1. The number of aromatic nitrogens is 2. The van der Waals surface area contributed by atoms with Gasteiger partial charge in [0.05, 0.1) is 5.52 Å². The molecule has 29 heavy (non-hydrogen) atoms. The number of fused-ring (bicyclic) bond motifs is 1. The first-order chi connectivity index (χ1) is 14.0. The first-order valence-electron chi connectivity index (χ1n) is 10.1. The summed E-state index contributed by atoms with van der Waals surface area (Å²) in [4.78, 5) is 32.0. The van der Waals surface area contributed by atoms with Crippen molar-refractivity contribution in [2.45, 2.75) is 33.2 Å². The molecule has 4 rings (SSSR count). The van der Waals surface area contributed by atoms with Gasteiger partial charge < -0.3 is 10.2 Å². The van der Waals surface area contributed by atoms with E-state index in [1.807, 2.05) is 55.5 Å². The summed E-state index contributed by atoms with van der Waals surface area (Å²) in [5, 5.41) is 3.76. The molecule has 0 bridgehead atoms. The van der Waals surface area contributed by atoms with E-state index < -0.39 is 5.69 Å². The molecule has 0 spiro atoms. The van der Waals surface area contributed by atoms with Crippen molar-refractivity contribution in [3.05, 3.63) is 64.6 Å². The number of para-hydroxylation sites is 1. The van der Waals surface area contributed by atoms with E-state index in [1.165, 1.54) is 11.0 Å². The lowest BCUT2D eigenvalue weighted by molar-refractivity contribution is -0.116. The van der Waals surface area contributed by atoms with Crippen molar-refractivity contribution in [2.24, 2.45) is 5.92 Å². The van der Waals surface area contributed by atoms with Gasteiger partial charge in [-0.25, -0.2) is 4.79 Å². The maximum Gasteiger partial charge on any atom is 0.350 e. The summed E-state index contributed by atoms with van der Waals surface area (Å²) in [6.45, 7) is 5.95. The highest BCUT2D eigenvalue weighted by molar-refractivity contribution is 5.93. The van der Waals surface area contributed by atoms with Gasteiger partial charge in [-0.05, 0) is 49.9 Å². The van der Waals surface area contributed by atoms with Crippen LogP contribution in [0.15, 0.2) is 53.3 Å². The van der Waals surface area contributed by atoms with Gasteiger partial charge >= 0.3 is 5.69 Å². The third-order valence-electron chi connectivity index (χ3n) is 5.46. The first-order valence-corrected chi connectivity index (χ1v) is 10.1. The molecule has 1 amide bonds. The molecule has 2 heterocycles. The van der Waals surface area contributed by atoms with E-state index in [4.69, 9.17) is 0 Å². The van der Waals surface area contributed by atoms with E-state index in [1.54, 1.807) is 0 Å². The Balaban J connectivity index is 1.65. The zero-order valence-corrected chi connectivity index (χ0v) is 16.9. The Morgan fingerprint density at radius 2 is 1.93 bits per heavy atom. The molecule has 1 saturated heterocycles. The summed E-state index contributed by atoms with van der Waals surface area (Å²) in [5.74, 6) is 1.06. The van der Waals surface area contributed by atoms with Crippen molar-refractivity contribution in [2.75, 3.05) is 23.3 Å². The lowest BCUT2D eigenvalue weighted by Crippen LogP contribution is -2.38. The Morgan fingerprint density at radius 3 is 2.69 bits per heavy atom. The minimum Gasteiger partial charge on any atom is -0.356 e. The molecule has 1 N–H and O–H groups in total. The summed E-state index contributed by atoms with van der Waals surface area (Å²) in [6, 6.07) is 15.3. The van der Waals surface area contributed by atoms with Crippen molar-refractivity contribution >= 4 is 28.3 Å². The zero-order chi connectivity index (χ0) is 20.4. The van der Waals surface area contributed by atoms with Gasteiger partial charge in [-0.2, -0.15) is 4.98 Å². The van der Waals surface area contributed by atoms with Crippen molar-refractivity contribution in [3.8, 4) is 0 Å². The van der Waals surface area contributed by atoms with Crippen molar-refractivity contribution in [1.29, 1.82) is 0 Å². The van der Waals surface area contributed by atoms with Crippen molar-refractivity contribution in [1.82, 2.24) is 9.55 Å². The van der Waals surface area contributed by atoms with Crippen LogP contribution in [0.3, 0.4) is 0 Å². The van der Waals surface area contributed by atoms with Gasteiger partial charge in [-0.1, -0.05) is 36.8 Å². The number of benzene rings is 2. The Labute approximate surface area is 170 Å². The van der Waals surface area contributed by atoms with Crippen LogP contribution >= 0.6 is 0 Å².